The summed E-state index contributed by atoms with van der Waals surface area (Å²) in [5.41, 5.74) is 0.282. The van der Waals surface area contributed by atoms with E-state index < -0.39 is 11.6 Å². The highest BCUT2D eigenvalue weighted by molar-refractivity contribution is 6.36. The molecule has 1 heterocycles. The van der Waals surface area contributed by atoms with Crippen LogP contribution in [0.3, 0.4) is 0 Å². The zero-order valence-corrected chi connectivity index (χ0v) is 10.7. The molecular weight excluding hydrogens is 276 g/mol. The van der Waals surface area contributed by atoms with Crippen LogP contribution in [-0.4, -0.2) is 10.8 Å². The van der Waals surface area contributed by atoms with E-state index in [1.54, 1.807) is 18.2 Å². The summed E-state index contributed by atoms with van der Waals surface area (Å²) in [4.78, 5) is 15.6. The number of rotatable bonds is 3. The molecule has 0 saturated heterocycles. The van der Waals surface area contributed by atoms with Crippen LogP contribution in [0.4, 0.5) is 4.39 Å². The number of hydrogen-bond donors (Lipinski definition) is 0. The topological polar surface area (TPSA) is 30.0 Å². The molecule has 0 aliphatic rings. The molecule has 5 heteroatoms. The van der Waals surface area contributed by atoms with Crippen LogP contribution >= 0.6 is 23.2 Å². The maximum Gasteiger partial charge on any atom is 0.188 e. The van der Waals surface area contributed by atoms with Gasteiger partial charge in [0, 0.05) is 22.7 Å². The Hall–Kier alpha value is -1.45. The Morgan fingerprint density at radius 3 is 2.44 bits per heavy atom. The molecule has 0 bridgehead atoms. The fraction of sp³-hybridized carbons (Fsp3) is 0.0769. The average molecular weight is 284 g/mol. The van der Waals surface area contributed by atoms with E-state index in [-0.39, 0.29) is 12.1 Å². The van der Waals surface area contributed by atoms with Crippen LogP contribution in [0, 0.1) is 5.82 Å². The highest BCUT2D eigenvalue weighted by Gasteiger charge is 2.16. The monoisotopic (exact) mass is 283 g/mol. The number of pyridine rings is 1. The number of nitrogens with zero attached hydrogens (tertiary/aromatic N) is 1. The molecule has 2 nitrogen and oxygen atoms in total. The third-order valence-corrected chi connectivity index (χ3v) is 3.13. The first-order valence-corrected chi connectivity index (χ1v) is 5.92. The minimum absolute atomic E-state index is 0.0769. The lowest BCUT2D eigenvalue weighted by molar-refractivity contribution is 0.0984. The van der Waals surface area contributed by atoms with Gasteiger partial charge in [-0.3, -0.25) is 9.78 Å². The van der Waals surface area contributed by atoms with E-state index in [0.29, 0.717) is 15.6 Å². The van der Waals surface area contributed by atoms with Crippen LogP contribution in [0.2, 0.25) is 10.0 Å². The summed E-state index contributed by atoms with van der Waals surface area (Å²) in [5.74, 6) is -1.10. The van der Waals surface area contributed by atoms with Gasteiger partial charge in [0.05, 0.1) is 0 Å². The van der Waals surface area contributed by atoms with E-state index >= 15 is 0 Å². The molecule has 0 unspecified atom stereocenters. The van der Waals surface area contributed by atoms with Gasteiger partial charge in [-0.2, -0.15) is 0 Å². The van der Waals surface area contributed by atoms with E-state index in [9.17, 15) is 9.18 Å². The highest BCUT2D eigenvalue weighted by Crippen LogP contribution is 2.25. The molecule has 1 aromatic heterocycles. The van der Waals surface area contributed by atoms with Crippen LogP contribution in [0.1, 0.15) is 16.1 Å². The first kappa shape index (κ1) is 13.0. The Labute approximate surface area is 113 Å². The van der Waals surface area contributed by atoms with Crippen molar-refractivity contribution in [2.24, 2.45) is 0 Å². The Kier molecular flexibility index (Phi) is 3.94. The molecule has 0 spiro atoms. The lowest BCUT2D eigenvalue weighted by Gasteiger charge is -2.06. The van der Waals surface area contributed by atoms with Gasteiger partial charge >= 0.3 is 0 Å². The van der Waals surface area contributed by atoms with Gasteiger partial charge in [0.1, 0.15) is 5.69 Å². The van der Waals surface area contributed by atoms with Crippen molar-refractivity contribution in [2.75, 3.05) is 0 Å². The lowest BCUT2D eigenvalue weighted by atomic mass is 10.1. The third-order valence-electron chi connectivity index (χ3n) is 2.42. The summed E-state index contributed by atoms with van der Waals surface area (Å²) in [7, 11) is 0. The third kappa shape index (κ3) is 2.68. The number of hydrogen-bond acceptors (Lipinski definition) is 2. The van der Waals surface area contributed by atoms with Crippen molar-refractivity contribution >= 4 is 29.0 Å². The SMILES string of the molecule is O=C(Cc1c(Cl)cccc1Cl)c1ncccc1F. The molecular formula is C13H8Cl2FNO. The van der Waals surface area contributed by atoms with Crippen LogP contribution in [0.25, 0.3) is 0 Å². The lowest BCUT2D eigenvalue weighted by Crippen LogP contribution is -2.09. The smallest absolute Gasteiger partial charge is 0.188 e. The standard InChI is InChI=1S/C13H8Cl2FNO/c14-9-3-1-4-10(15)8(9)7-12(18)13-11(16)5-2-6-17-13/h1-6H,7H2. The molecule has 2 rings (SSSR count). The average Bonchev–Trinajstić information content (AvgIpc) is 2.34. The molecule has 92 valence electrons. The molecule has 0 radical (unpaired) electrons. The van der Waals surface area contributed by atoms with Crippen LogP contribution in [-0.2, 0) is 6.42 Å². The van der Waals surface area contributed by atoms with Crippen molar-refractivity contribution in [3.63, 3.8) is 0 Å². The quantitative estimate of drug-likeness (QED) is 0.799. The predicted octanol–water partition coefficient (Wildman–Crippen LogP) is 3.95. The van der Waals surface area contributed by atoms with Gasteiger partial charge in [-0.1, -0.05) is 29.3 Å². The van der Waals surface area contributed by atoms with Crippen LogP contribution in [0.5, 0.6) is 0 Å². The maximum atomic E-state index is 13.4. The van der Waals surface area contributed by atoms with Crippen molar-refractivity contribution in [1.29, 1.82) is 0 Å². The fourth-order valence-electron chi connectivity index (χ4n) is 1.54. The van der Waals surface area contributed by atoms with Gasteiger partial charge < -0.3 is 0 Å². The summed E-state index contributed by atoms with van der Waals surface area (Å²) < 4.78 is 13.4. The summed E-state index contributed by atoms with van der Waals surface area (Å²) in [6.07, 6.45) is 1.29. The Morgan fingerprint density at radius 2 is 1.83 bits per heavy atom. The predicted molar refractivity (Wildman–Crippen MR) is 68.7 cm³/mol. The molecule has 2 aromatic rings. The summed E-state index contributed by atoms with van der Waals surface area (Å²) in [6, 6.07) is 7.55. The van der Waals surface area contributed by atoms with Gasteiger partial charge in [-0.15, -0.1) is 0 Å². The molecule has 0 fully saturated rings. The maximum absolute atomic E-state index is 13.4. The Bertz CT molecular complexity index is 581. The number of carbonyl (C=O) groups excluding carboxylic acids is 1. The Balaban J connectivity index is 2.30. The first-order chi connectivity index (χ1) is 8.59. The van der Waals surface area contributed by atoms with Gasteiger partial charge in [0.15, 0.2) is 11.6 Å². The number of Topliss-reactive ketones (excluding diaryl/α,β-unsaturated/α-hetero) is 1. The second-order valence-electron chi connectivity index (χ2n) is 3.63. The van der Waals surface area contributed by atoms with Crippen molar-refractivity contribution in [1.82, 2.24) is 4.98 Å². The number of halogens is 3. The van der Waals surface area contributed by atoms with Crippen molar-refractivity contribution in [3.8, 4) is 0 Å². The summed E-state index contributed by atoms with van der Waals surface area (Å²) in [5, 5.41) is 0.763. The minimum atomic E-state index is -0.648. The zero-order chi connectivity index (χ0) is 13.1. The van der Waals surface area contributed by atoms with E-state index in [1.807, 2.05) is 0 Å². The molecule has 0 aliphatic heterocycles. The Morgan fingerprint density at radius 1 is 1.17 bits per heavy atom. The number of benzene rings is 1. The second-order valence-corrected chi connectivity index (χ2v) is 4.45. The van der Waals surface area contributed by atoms with Crippen molar-refractivity contribution < 1.29 is 9.18 Å². The number of carbonyl (C=O) groups is 1. The normalized spacial score (nSPS) is 10.4. The van der Waals surface area contributed by atoms with E-state index in [4.69, 9.17) is 23.2 Å². The molecule has 0 atom stereocenters. The van der Waals surface area contributed by atoms with Crippen molar-refractivity contribution in [2.45, 2.75) is 6.42 Å². The molecule has 0 N–H and O–H groups in total. The molecule has 0 saturated carbocycles. The molecule has 0 aliphatic carbocycles. The largest absolute Gasteiger partial charge is 0.292 e. The van der Waals surface area contributed by atoms with Gasteiger partial charge in [0.2, 0.25) is 0 Å². The molecule has 18 heavy (non-hydrogen) atoms. The number of ketones is 1. The number of aromatic nitrogens is 1. The van der Waals surface area contributed by atoms with Crippen LogP contribution < -0.4 is 0 Å². The van der Waals surface area contributed by atoms with E-state index in [2.05, 4.69) is 4.98 Å². The van der Waals surface area contributed by atoms with Gasteiger partial charge in [-0.05, 0) is 29.8 Å². The first-order valence-electron chi connectivity index (χ1n) is 5.16. The summed E-state index contributed by atoms with van der Waals surface area (Å²) >= 11 is 11.9. The molecule has 0 amide bonds. The van der Waals surface area contributed by atoms with Gasteiger partial charge in [0.25, 0.3) is 0 Å². The van der Waals surface area contributed by atoms with Gasteiger partial charge in [-0.25, -0.2) is 4.39 Å². The molecule has 1 aromatic carbocycles. The van der Waals surface area contributed by atoms with Crippen LogP contribution in [0.15, 0.2) is 36.5 Å². The van der Waals surface area contributed by atoms with E-state index in [0.717, 1.165) is 0 Å². The highest BCUT2D eigenvalue weighted by atomic mass is 35.5. The zero-order valence-electron chi connectivity index (χ0n) is 9.16. The van der Waals surface area contributed by atoms with Crippen molar-refractivity contribution in [3.05, 3.63) is 63.6 Å². The minimum Gasteiger partial charge on any atom is -0.292 e. The second kappa shape index (κ2) is 5.46. The fourth-order valence-corrected chi connectivity index (χ4v) is 2.07. The summed E-state index contributed by atoms with van der Waals surface area (Å²) in [6.45, 7) is 0. The van der Waals surface area contributed by atoms with E-state index in [1.165, 1.54) is 18.3 Å².